The minimum Gasteiger partial charge on any atom is -0.411 e. The van der Waals surface area contributed by atoms with Gasteiger partial charge >= 0.3 is 0 Å². The average molecular weight is 415 g/mol. The van der Waals surface area contributed by atoms with Gasteiger partial charge in [0, 0.05) is 33.0 Å². The Kier molecular flexibility index (Phi) is 6.76. The number of halogens is 1. The van der Waals surface area contributed by atoms with Gasteiger partial charge in [-0.3, -0.25) is 9.56 Å². The number of nitrogens with zero attached hydrogens (tertiary/aromatic N) is 4. The van der Waals surface area contributed by atoms with E-state index in [1.54, 1.807) is 18.3 Å². The van der Waals surface area contributed by atoms with Crippen LogP contribution in [0.3, 0.4) is 0 Å². The van der Waals surface area contributed by atoms with Crippen LogP contribution in [-0.4, -0.2) is 48.4 Å². The number of rotatable bonds is 8. The Morgan fingerprint density at radius 3 is 2.66 bits per heavy atom. The normalized spacial score (nSPS) is 14.6. The zero-order valence-corrected chi connectivity index (χ0v) is 18.1. The quantitative estimate of drug-likeness (QED) is 0.224. The Morgan fingerprint density at radius 2 is 2.03 bits per heavy atom. The molecule has 8 heteroatoms. The average Bonchev–Trinajstić information content (AvgIpc) is 3.04. The highest BCUT2D eigenvalue weighted by molar-refractivity contribution is 6.76. The molecule has 1 aliphatic heterocycles. The molecule has 1 aromatic carbocycles. The largest absolute Gasteiger partial charge is 0.411 e. The molecule has 1 N–H and O–H groups in total. The highest BCUT2D eigenvalue weighted by Gasteiger charge is 2.22. The molecule has 6 nitrogen and oxygen atoms in total. The van der Waals surface area contributed by atoms with Crippen LogP contribution in [0.15, 0.2) is 40.5 Å². The van der Waals surface area contributed by atoms with Gasteiger partial charge in [-0.25, -0.2) is 9.37 Å². The van der Waals surface area contributed by atoms with Crippen molar-refractivity contribution in [2.24, 2.45) is 10.1 Å². The summed E-state index contributed by atoms with van der Waals surface area (Å²) in [6.45, 7) is 8.52. The van der Waals surface area contributed by atoms with Crippen molar-refractivity contribution >= 4 is 26.1 Å². The second-order valence-electron chi connectivity index (χ2n) is 8.19. The summed E-state index contributed by atoms with van der Waals surface area (Å²) < 4.78 is 21.4. The van der Waals surface area contributed by atoms with Crippen molar-refractivity contribution in [3.8, 4) is 11.3 Å². The Hall–Kier alpha value is -2.58. The summed E-state index contributed by atoms with van der Waals surface area (Å²) in [5, 5.41) is 12.3. The van der Waals surface area contributed by atoms with Crippen molar-refractivity contribution in [2.75, 3.05) is 13.2 Å². The highest BCUT2D eigenvalue weighted by atomic mass is 28.3. The van der Waals surface area contributed by atoms with E-state index in [0.717, 1.165) is 35.0 Å². The van der Waals surface area contributed by atoms with E-state index in [0.29, 0.717) is 19.0 Å². The van der Waals surface area contributed by atoms with E-state index < -0.39 is 8.07 Å². The van der Waals surface area contributed by atoms with Crippen molar-refractivity contribution < 1.29 is 14.3 Å². The second kappa shape index (κ2) is 9.28. The highest BCUT2D eigenvalue weighted by Crippen LogP contribution is 2.32. The van der Waals surface area contributed by atoms with E-state index in [1.165, 1.54) is 18.3 Å². The van der Waals surface area contributed by atoms with Gasteiger partial charge in [-0.2, -0.15) is 0 Å². The molecule has 0 amide bonds. The SMILES string of the molecule is C[Si](C)(C)CCOCn1c(/C=N/O)nc(C2=CC=NCC2)c1-c1ccc(F)cc1. The Bertz CT molecular complexity index is 927. The molecule has 2 heterocycles. The lowest BCUT2D eigenvalue weighted by atomic mass is 10.0. The van der Waals surface area contributed by atoms with Gasteiger partial charge in [-0.1, -0.05) is 24.8 Å². The molecule has 0 unspecified atom stereocenters. The first kappa shape index (κ1) is 21.1. The van der Waals surface area contributed by atoms with Gasteiger partial charge < -0.3 is 9.94 Å². The van der Waals surface area contributed by atoms with Crippen molar-refractivity contribution in [2.45, 2.75) is 38.8 Å². The van der Waals surface area contributed by atoms with Crippen LogP contribution in [0.4, 0.5) is 4.39 Å². The first-order valence-electron chi connectivity index (χ1n) is 9.70. The maximum atomic E-state index is 13.5. The molecule has 0 radical (unpaired) electrons. The molecule has 0 aliphatic carbocycles. The van der Waals surface area contributed by atoms with Crippen molar-refractivity contribution in [3.63, 3.8) is 0 Å². The van der Waals surface area contributed by atoms with Crippen LogP contribution in [0, 0.1) is 5.82 Å². The fraction of sp³-hybridized carbons (Fsp3) is 0.381. The topological polar surface area (TPSA) is 72.0 Å². The lowest BCUT2D eigenvalue weighted by molar-refractivity contribution is 0.0878. The number of hydrogen-bond acceptors (Lipinski definition) is 5. The summed E-state index contributed by atoms with van der Waals surface area (Å²) in [4.78, 5) is 8.95. The molecule has 0 fully saturated rings. The summed E-state index contributed by atoms with van der Waals surface area (Å²) in [7, 11) is -1.21. The van der Waals surface area contributed by atoms with Gasteiger partial charge in [0.25, 0.3) is 0 Å². The van der Waals surface area contributed by atoms with E-state index >= 15 is 0 Å². The van der Waals surface area contributed by atoms with E-state index in [2.05, 4.69) is 29.8 Å². The number of ether oxygens (including phenoxy) is 1. The van der Waals surface area contributed by atoms with Crippen LogP contribution in [0.25, 0.3) is 16.8 Å². The molecule has 0 bridgehead atoms. The van der Waals surface area contributed by atoms with Crippen LogP contribution in [-0.2, 0) is 11.5 Å². The zero-order chi connectivity index (χ0) is 20.9. The third-order valence-corrected chi connectivity index (χ3v) is 6.40. The first-order chi connectivity index (χ1) is 13.9. The lowest BCUT2D eigenvalue weighted by Crippen LogP contribution is -2.22. The third-order valence-electron chi connectivity index (χ3n) is 4.70. The molecule has 154 valence electrons. The van der Waals surface area contributed by atoms with Crippen LogP contribution in [0.2, 0.25) is 25.7 Å². The molecule has 0 atom stereocenters. The van der Waals surface area contributed by atoms with Gasteiger partial charge in [0.2, 0.25) is 0 Å². The Morgan fingerprint density at radius 1 is 1.28 bits per heavy atom. The van der Waals surface area contributed by atoms with Crippen molar-refractivity contribution in [1.29, 1.82) is 0 Å². The fourth-order valence-corrected chi connectivity index (χ4v) is 3.85. The second-order valence-corrected chi connectivity index (χ2v) is 13.8. The summed E-state index contributed by atoms with van der Waals surface area (Å²) in [6.07, 6.45) is 5.77. The van der Waals surface area contributed by atoms with Gasteiger partial charge in [-0.15, -0.1) is 0 Å². The number of aromatic nitrogens is 2. The summed E-state index contributed by atoms with van der Waals surface area (Å²) in [5.41, 5.74) is 3.44. The molecule has 0 saturated carbocycles. The molecule has 29 heavy (non-hydrogen) atoms. The Labute approximate surface area is 171 Å². The summed E-state index contributed by atoms with van der Waals surface area (Å²) >= 11 is 0. The van der Waals surface area contributed by atoms with Gasteiger partial charge in [0.1, 0.15) is 18.8 Å². The number of benzene rings is 1. The smallest absolute Gasteiger partial charge is 0.157 e. The number of imidazole rings is 1. The summed E-state index contributed by atoms with van der Waals surface area (Å²) in [6, 6.07) is 7.36. The number of aliphatic imine (C=N–C) groups is 1. The molecular weight excluding hydrogens is 387 g/mol. The molecule has 1 aliphatic rings. The minimum atomic E-state index is -1.21. The zero-order valence-electron chi connectivity index (χ0n) is 17.1. The molecule has 2 aromatic rings. The van der Waals surface area contributed by atoms with Crippen LogP contribution in [0.1, 0.15) is 17.9 Å². The fourth-order valence-electron chi connectivity index (χ4n) is 3.09. The number of dihydropyridines is 1. The summed E-state index contributed by atoms with van der Waals surface area (Å²) in [5.74, 6) is 0.187. The Balaban J connectivity index is 2.03. The van der Waals surface area contributed by atoms with Crippen molar-refractivity contribution in [3.05, 3.63) is 47.7 Å². The maximum absolute atomic E-state index is 13.5. The van der Waals surface area contributed by atoms with Gasteiger partial charge in [0.15, 0.2) is 5.82 Å². The van der Waals surface area contributed by atoms with E-state index in [4.69, 9.17) is 14.9 Å². The van der Waals surface area contributed by atoms with E-state index in [1.807, 2.05) is 10.6 Å². The van der Waals surface area contributed by atoms with Gasteiger partial charge in [-0.05, 0) is 48.4 Å². The van der Waals surface area contributed by atoms with Crippen LogP contribution < -0.4 is 0 Å². The number of allylic oxidation sites excluding steroid dienone is 1. The molecule has 0 saturated heterocycles. The number of hydrogen-bond donors (Lipinski definition) is 1. The lowest BCUT2D eigenvalue weighted by Gasteiger charge is -2.17. The third kappa shape index (κ3) is 5.48. The first-order valence-corrected chi connectivity index (χ1v) is 13.4. The maximum Gasteiger partial charge on any atom is 0.157 e. The molecule has 3 rings (SSSR count). The van der Waals surface area contributed by atoms with Crippen LogP contribution in [0.5, 0.6) is 0 Å². The molecule has 1 aromatic heterocycles. The standard InChI is InChI=1S/C21H27FN4O2Si/c1-29(2,3)13-12-28-15-26-19(14-24-27)25-20(16-8-10-23-11-9-16)21(26)17-4-6-18(22)7-5-17/h4-8,10,14,27H,9,11-13,15H2,1-3H3/b24-14+. The molecule has 0 spiro atoms. The predicted octanol–water partition coefficient (Wildman–Crippen LogP) is 4.67. The predicted molar refractivity (Wildman–Crippen MR) is 117 cm³/mol. The van der Waals surface area contributed by atoms with E-state index in [9.17, 15) is 4.39 Å². The molecular formula is C21H27FN4O2Si. The monoisotopic (exact) mass is 414 g/mol. The van der Waals surface area contributed by atoms with Crippen molar-refractivity contribution in [1.82, 2.24) is 9.55 Å². The van der Waals surface area contributed by atoms with Gasteiger partial charge in [0.05, 0.1) is 11.4 Å². The number of oxime groups is 1. The minimum absolute atomic E-state index is 0.271. The van der Waals surface area contributed by atoms with Crippen LogP contribution >= 0.6 is 0 Å². The van der Waals surface area contributed by atoms with E-state index in [-0.39, 0.29) is 12.5 Å².